The Morgan fingerprint density at radius 3 is 2.33 bits per heavy atom. The third kappa shape index (κ3) is 4.96. The van der Waals surface area contributed by atoms with Gasteiger partial charge in [-0.3, -0.25) is 4.79 Å². The number of hydrogen-bond acceptors (Lipinski definition) is 3. The summed E-state index contributed by atoms with van der Waals surface area (Å²) in [5, 5.41) is 20.3. The third-order valence-corrected chi connectivity index (χ3v) is 5.56. The first kappa shape index (κ1) is 21.8. The number of phenols is 2. The molecule has 0 aliphatic heterocycles. The Morgan fingerprint density at radius 1 is 1.10 bits per heavy atom. The molecule has 1 aliphatic rings. The molecule has 0 aromatic heterocycles. The van der Waals surface area contributed by atoms with Crippen LogP contribution in [0.5, 0.6) is 11.5 Å². The van der Waals surface area contributed by atoms with Gasteiger partial charge >= 0.3 is 0 Å². The minimum atomic E-state index is -0.692. The second-order valence-electron chi connectivity index (χ2n) is 8.07. The van der Waals surface area contributed by atoms with Gasteiger partial charge in [-0.05, 0) is 75.3 Å². The Kier molecular flexibility index (Phi) is 6.70. The Balaban J connectivity index is 1.97. The molecule has 0 saturated carbocycles. The molecule has 0 saturated heterocycles. The topological polar surface area (TPSA) is 57.5 Å². The average Bonchev–Trinajstić information content (AvgIpc) is 2.66. The average molecular weight is 412 g/mol. The van der Waals surface area contributed by atoms with E-state index in [4.69, 9.17) is 0 Å². The van der Waals surface area contributed by atoms with E-state index in [-0.39, 0.29) is 17.1 Å². The van der Waals surface area contributed by atoms with Crippen LogP contribution in [0.15, 0.2) is 59.7 Å². The highest BCUT2D eigenvalue weighted by Gasteiger charge is 2.35. The van der Waals surface area contributed by atoms with E-state index in [1.807, 2.05) is 19.9 Å². The molecule has 2 aromatic carbocycles. The van der Waals surface area contributed by atoms with Gasteiger partial charge in [-0.1, -0.05) is 29.4 Å². The highest BCUT2D eigenvalue weighted by molar-refractivity contribution is 6.03. The van der Waals surface area contributed by atoms with Crippen molar-refractivity contribution in [3.63, 3.8) is 0 Å². The van der Waals surface area contributed by atoms with Crippen LogP contribution in [0, 0.1) is 17.6 Å². The van der Waals surface area contributed by atoms with Crippen molar-refractivity contribution in [1.82, 2.24) is 0 Å². The molecule has 0 unspecified atom stereocenters. The van der Waals surface area contributed by atoms with Crippen LogP contribution >= 0.6 is 0 Å². The summed E-state index contributed by atoms with van der Waals surface area (Å²) in [6.07, 6.45) is 6.67. The van der Waals surface area contributed by atoms with Crippen molar-refractivity contribution < 1.29 is 23.8 Å². The largest absolute Gasteiger partial charge is 0.507 e. The minimum Gasteiger partial charge on any atom is -0.507 e. The summed E-state index contributed by atoms with van der Waals surface area (Å²) in [5.41, 5.74) is 2.62. The van der Waals surface area contributed by atoms with Gasteiger partial charge in [0.05, 0.1) is 0 Å². The van der Waals surface area contributed by atoms with Gasteiger partial charge in [0.1, 0.15) is 28.7 Å². The summed E-state index contributed by atoms with van der Waals surface area (Å²) in [6, 6.07) is 7.46. The molecule has 3 nitrogen and oxygen atoms in total. The molecule has 2 aromatic rings. The Morgan fingerprint density at radius 2 is 1.73 bits per heavy atom. The van der Waals surface area contributed by atoms with Crippen molar-refractivity contribution in [3.05, 3.63) is 82.5 Å². The van der Waals surface area contributed by atoms with E-state index >= 15 is 0 Å². The molecule has 30 heavy (non-hydrogen) atoms. The lowest BCUT2D eigenvalue weighted by Crippen LogP contribution is -2.26. The third-order valence-electron chi connectivity index (χ3n) is 5.56. The first-order valence-electron chi connectivity index (χ1n) is 10.1. The van der Waals surface area contributed by atoms with Gasteiger partial charge in [-0.15, -0.1) is 0 Å². The van der Waals surface area contributed by atoms with Gasteiger partial charge in [0.25, 0.3) is 0 Å². The summed E-state index contributed by atoms with van der Waals surface area (Å²) in [7, 11) is 0. The maximum atomic E-state index is 13.9. The molecule has 0 radical (unpaired) electrons. The van der Waals surface area contributed by atoms with Crippen LogP contribution in [-0.2, 0) is 0 Å². The lowest BCUT2D eigenvalue weighted by atomic mass is 9.72. The summed E-state index contributed by atoms with van der Waals surface area (Å²) in [4.78, 5) is 13.3. The molecule has 158 valence electrons. The van der Waals surface area contributed by atoms with E-state index in [1.165, 1.54) is 35.9 Å². The summed E-state index contributed by atoms with van der Waals surface area (Å²) in [6.45, 7) is 4.06. The van der Waals surface area contributed by atoms with E-state index in [1.54, 1.807) is 0 Å². The van der Waals surface area contributed by atoms with Crippen LogP contribution in [0.1, 0.15) is 61.4 Å². The number of ketones is 1. The molecule has 3 rings (SSSR count). The number of aromatic hydroxyl groups is 2. The minimum absolute atomic E-state index is 0.147. The van der Waals surface area contributed by atoms with Gasteiger partial charge in [-0.2, -0.15) is 0 Å². The fraction of sp³-hybridized carbons (Fsp3) is 0.320. The van der Waals surface area contributed by atoms with E-state index in [9.17, 15) is 23.8 Å². The normalized spacial score (nSPS) is 18.6. The summed E-state index contributed by atoms with van der Waals surface area (Å²) in [5.74, 6) is -3.51. The molecular weight excluding hydrogens is 386 g/mol. The summed E-state index contributed by atoms with van der Waals surface area (Å²) >= 11 is 0. The second kappa shape index (κ2) is 9.24. The van der Waals surface area contributed by atoms with Crippen molar-refractivity contribution in [2.75, 3.05) is 0 Å². The highest BCUT2D eigenvalue weighted by atomic mass is 19.1. The van der Waals surface area contributed by atoms with E-state index < -0.39 is 29.3 Å². The molecule has 0 heterocycles. The molecule has 2 atom stereocenters. The Bertz CT molecular complexity index is 963. The standard InChI is InChI=1S/C25H26F2O3/c1-15(2)5-3-6-16-9-10-20(25(30)24-22(28)7-4-8-23(24)29)21(11-16)17-12-18(26)14-19(27)13-17/h4-5,7-9,12-14,20-21,28-29H,3,6,10-11H2,1-2H3/t20-,21+/m0/s1. The first-order chi connectivity index (χ1) is 14.3. The zero-order chi connectivity index (χ0) is 21.8. The predicted octanol–water partition coefficient (Wildman–Crippen LogP) is 6.43. The lowest BCUT2D eigenvalue weighted by molar-refractivity contribution is 0.0889. The number of hydrogen-bond donors (Lipinski definition) is 2. The predicted molar refractivity (Wildman–Crippen MR) is 113 cm³/mol. The number of carbonyl (C=O) groups excluding carboxylic acids is 1. The van der Waals surface area contributed by atoms with Gasteiger partial charge in [0.15, 0.2) is 5.78 Å². The van der Waals surface area contributed by atoms with Gasteiger partial charge in [0, 0.05) is 12.0 Å². The molecule has 0 bridgehead atoms. The number of benzene rings is 2. The quantitative estimate of drug-likeness (QED) is 0.425. The number of halogens is 2. The van der Waals surface area contributed by atoms with Gasteiger partial charge in [-0.25, -0.2) is 8.78 Å². The lowest BCUT2D eigenvalue weighted by Gasteiger charge is -2.31. The van der Waals surface area contributed by atoms with Crippen LogP contribution in [0.2, 0.25) is 0 Å². The van der Waals surface area contributed by atoms with Crippen molar-refractivity contribution >= 4 is 5.78 Å². The number of carbonyl (C=O) groups is 1. The zero-order valence-corrected chi connectivity index (χ0v) is 17.2. The van der Waals surface area contributed by atoms with E-state index in [0.717, 1.165) is 24.5 Å². The van der Waals surface area contributed by atoms with Crippen LogP contribution in [0.4, 0.5) is 8.78 Å². The second-order valence-corrected chi connectivity index (χ2v) is 8.07. The number of Topliss-reactive ketones (excluding diaryl/α,β-unsaturated/α-hetero) is 1. The Hall–Kier alpha value is -2.95. The maximum Gasteiger partial charge on any atom is 0.174 e. The molecule has 0 fully saturated rings. The van der Waals surface area contributed by atoms with Crippen LogP contribution in [0.25, 0.3) is 0 Å². The van der Waals surface area contributed by atoms with Crippen molar-refractivity contribution in [3.8, 4) is 11.5 Å². The van der Waals surface area contributed by atoms with E-state index in [2.05, 4.69) is 6.08 Å². The smallest absolute Gasteiger partial charge is 0.174 e. The number of allylic oxidation sites excluding steroid dienone is 4. The van der Waals surface area contributed by atoms with Gasteiger partial charge < -0.3 is 10.2 Å². The fourth-order valence-electron chi connectivity index (χ4n) is 4.11. The van der Waals surface area contributed by atoms with Crippen LogP contribution in [0.3, 0.4) is 0 Å². The monoisotopic (exact) mass is 412 g/mol. The van der Waals surface area contributed by atoms with Crippen molar-refractivity contribution in [2.24, 2.45) is 5.92 Å². The number of rotatable bonds is 6. The SMILES string of the molecule is CC(C)=CCCC1=CC[C@H](C(=O)c2c(O)cccc2O)[C@@H](c2cc(F)cc(F)c2)C1. The highest BCUT2D eigenvalue weighted by Crippen LogP contribution is 2.43. The molecule has 0 amide bonds. The first-order valence-corrected chi connectivity index (χ1v) is 10.1. The number of phenolic OH excluding ortho intramolecular Hbond substituents is 2. The zero-order valence-electron chi connectivity index (χ0n) is 17.2. The maximum absolute atomic E-state index is 13.9. The Labute approximate surface area is 175 Å². The van der Waals surface area contributed by atoms with Crippen LogP contribution < -0.4 is 0 Å². The molecular formula is C25H26F2O3. The van der Waals surface area contributed by atoms with Gasteiger partial charge in [0.2, 0.25) is 0 Å². The van der Waals surface area contributed by atoms with Crippen molar-refractivity contribution in [2.45, 2.75) is 45.4 Å². The summed E-state index contributed by atoms with van der Waals surface area (Å²) < 4.78 is 27.8. The fourth-order valence-corrected chi connectivity index (χ4v) is 4.11. The molecule has 0 spiro atoms. The van der Waals surface area contributed by atoms with Crippen molar-refractivity contribution in [1.29, 1.82) is 0 Å². The molecule has 5 heteroatoms. The van der Waals surface area contributed by atoms with Crippen LogP contribution in [-0.4, -0.2) is 16.0 Å². The molecule has 2 N–H and O–H groups in total. The van der Waals surface area contributed by atoms with E-state index in [0.29, 0.717) is 18.4 Å². The molecule has 1 aliphatic carbocycles.